The van der Waals surface area contributed by atoms with Crippen molar-refractivity contribution >= 4 is 11.9 Å². The number of aliphatic carboxylic acids is 1. The van der Waals surface area contributed by atoms with Gasteiger partial charge >= 0.3 is 5.97 Å². The third kappa shape index (κ3) is 2.69. The minimum absolute atomic E-state index is 0.195. The first-order valence-electron chi connectivity index (χ1n) is 8.59. The summed E-state index contributed by atoms with van der Waals surface area (Å²) in [6, 6.07) is 0. The van der Waals surface area contributed by atoms with Gasteiger partial charge in [0.05, 0.1) is 5.92 Å². The molecule has 1 aliphatic heterocycles. The molecule has 1 heterocycles. The molecule has 21 heavy (non-hydrogen) atoms. The van der Waals surface area contributed by atoms with Crippen molar-refractivity contribution in [2.24, 2.45) is 23.2 Å². The summed E-state index contributed by atoms with van der Waals surface area (Å²) in [7, 11) is 0. The summed E-state index contributed by atoms with van der Waals surface area (Å²) in [5, 5.41) is 9.45. The molecular weight excluding hydrogens is 266 g/mol. The Balaban J connectivity index is 1.74. The van der Waals surface area contributed by atoms with E-state index in [1.165, 1.54) is 6.42 Å². The van der Waals surface area contributed by atoms with Crippen molar-refractivity contribution in [1.82, 2.24) is 4.90 Å². The number of likely N-dealkylation sites (tertiary alicyclic amines) is 1. The van der Waals surface area contributed by atoms with Crippen molar-refractivity contribution in [2.75, 3.05) is 13.1 Å². The van der Waals surface area contributed by atoms with Crippen LogP contribution in [0.5, 0.6) is 0 Å². The fourth-order valence-electron chi connectivity index (χ4n) is 4.54. The molecule has 0 aromatic carbocycles. The molecule has 0 bridgehead atoms. The Morgan fingerprint density at radius 2 is 1.81 bits per heavy atom. The van der Waals surface area contributed by atoms with E-state index in [1.807, 2.05) is 4.90 Å². The van der Waals surface area contributed by atoms with Crippen LogP contribution in [0.25, 0.3) is 0 Å². The molecule has 0 spiro atoms. The molecule has 2 aliphatic carbocycles. The van der Waals surface area contributed by atoms with E-state index in [1.54, 1.807) is 0 Å². The highest BCUT2D eigenvalue weighted by Crippen LogP contribution is 2.47. The number of hydrogen-bond acceptors (Lipinski definition) is 2. The highest BCUT2D eigenvalue weighted by Gasteiger charge is 2.50. The summed E-state index contributed by atoms with van der Waals surface area (Å²) in [6.07, 6.45) is 8.69. The first-order valence-corrected chi connectivity index (χ1v) is 8.59. The van der Waals surface area contributed by atoms with Gasteiger partial charge in [0.1, 0.15) is 0 Å². The number of rotatable bonds is 4. The van der Waals surface area contributed by atoms with Crippen LogP contribution in [0.4, 0.5) is 0 Å². The fourth-order valence-corrected chi connectivity index (χ4v) is 4.54. The second kappa shape index (κ2) is 5.62. The van der Waals surface area contributed by atoms with Crippen molar-refractivity contribution < 1.29 is 14.7 Å². The van der Waals surface area contributed by atoms with E-state index >= 15 is 0 Å². The zero-order valence-electron chi connectivity index (χ0n) is 13.0. The highest BCUT2D eigenvalue weighted by molar-refractivity contribution is 5.84. The van der Waals surface area contributed by atoms with Gasteiger partial charge in [0.15, 0.2) is 0 Å². The minimum Gasteiger partial charge on any atom is -0.481 e. The quantitative estimate of drug-likeness (QED) is 0.867. The zero-order chi connectivity index (χ0) is 15.0. The lowest BCUT2D eigenvalue weighted by Crippen LogP contribution is -2.44. The van der Waals surface area contributed by atoms with Gasteiger partial charge in [0.25, 0.3) is 0 Å². The average Bonchev–Trinajstić information content (AvgIpc) is 3.25. The molecule has 4 nitrogen and oxygen atoms in total. The molecule has 0 unspecified atom stereocenters. The minimum atomic E-state index is -0.712. The number of carbonyl (C=O) groups is 2. The van der Waals surface area contributed by atoms with Gasteiger partial charge in [-0.3, -0.25) is 9.59 Å². The summed E-state index contributed by atoms with van der Waals surface area (Å²) < 4.78 is 0. The normalized spacial score (nSPS) is 32.1. The molecule has 3 aliphatic rings. The van der Waals surface area contributed by atoms with Crippen LogP contribution in [0.1, 0.15) is 58.3 Å². The van der Waals surface area contributed by atoms with Gasteiger partial charge < -0.3 is 10.0 Å². The van der Waals surface area contributed by atoms with Crippen LogP contribution in [-0.4, -0.2) is 35.0 Å². The second-order valence-corrected chi connectivity index (χ2v) is 7.35. The third-order valence-electron chi connectivity index (χ3n) is 6.14. The number of nitrogens with zero attached hydrogens (tertiary/aromatic N) is 1. The molecule has 4 heteroatoms. The molecule has 0 aromatic rings. The lowest BCUT2D eigenvalue weighted by atomic mass is 9.71. The highest BCUT2D eigenvalue weighted by atomic mass is 16.4. The van der Waals surface area contributed by atoms with E-state index in [0.29, 0.717) is 19.0 Å². The topological polar surface area (TPSA) is 57.6 Å². The molecule has 1 N–H and O–H groups in total. The Morgan fingerprint density at radius 3 is 2.33 bits per heavy atom. The third-order valence-corrected chi connectivity index (χ3v) is 6.14. The Morgan fingerprint density at radius 1 is 1.14 bits per heavy atom. The Bertz CT molecular complexity index is 424. The van der Waals surface area contributed by atoms with Gasteiger partial charge in [-0.2, -0.15) is 0 Å². The standard InChI is InChI=1S/C17H27NO3/c1-2-17(8-4-3-5-9-17)16(21)18-10-13(12-6-7-12)14(11-18)15(19)20/h12-14H,2-11H2,1H3,(H,19,20)/t13-,14+/m1/s1. The van der Waals surface area contributed by atoms with Gasteiger partial charge in [-0.1, -0.05) is 26.2 Å². The van der Waals surface area contributed by atoms with Crippen molar-refractivity contribution in [3.8, 4) is 0 Å². The van der Waals surface area contributed by atoms with Crippen molar-refractivity contribution in [3.05, 3.63) is 0 Å². The monoisotopic (exact) mass is 293 g/mol. The summed E-state index contributed by atoms with van der Waals surface area (Å²) in [5.74, 6) is -0.0498. The molecule has 118 valence electrons. The maximum Gasteiger partial charge on any atom is 0.308 e. The summed E-state index contributed by atoms with van der Waals surface area (Å²) in [5.41, 5.74) is -0.195. The number of hydrogen-bond donors (Lipinski definition) is 1. The molecule has 0 radical (unpaired) electrons. The summed E-state index contributed by atoms with van der Waals surface area (Å²) >= 11 is 0. The Hall–Kier alpha value is -1.06. The van der Waals surface area contributed by atoms with Crippen LogP contribution >= 0.6 is 0 Å². The molecule has 0 aromatic heterocycles. The van der Waals surface area contributed by atoms with Gasteiger partial charge in [-0.15, -0.1) is 0 Å². The van der Waals surface area contributed by atoms with E-state index < -0.39 is 5.97 Å². The maximum absolute atomic E-state index is 13.0. The van der Waals surface area contributed by atoms with Crippen LogP contribution in [0.3, 0.4) is 0 Å². The number of amides is 1. The van der Waals surface area contributed by atoms with Crippen LogP contribution in [0.2, 0.25) is 0 Å². The van der Waals surface area contributed by atoms with E-state index in [-0.39, 0.29) is 23.2 Å². The smallest absolute Gasteiger partial charge is 0.308 e. The largest absolute Gasteiger partial charge is 0.481 e. The summed E-state index contributed by atoms with van der Waals surface area (Å²) in [4.78, 5) is 26.4. The van der Waals surface area contributed by atoms with Crippen LogP contribution in [0, 0.1) is 23.2 Å². The van der Waals surface area contributed by atoms with Gasteiger partial charge in [0, 0.05) is 18.5 Å². The van der Waals surface area contributed by atoms with E-state index in [4.69, 9.17) is 0 Å². The SMILES string of the molecule is CCC1(C(=O)N2C[C@H](C(=O)O)[C@@H](C3CC3)C2)CCCCC1. The maximum atomic E-state index is 13.0. The zero-order valence-corrected chi connectivity index (χ0v) is 13.0. The molecule has 1 saturated heterocycles. The molecule has 2 saturated carbocycles. The summed E-state index contributed by atoms with van der Waals surface area (Å²) in [6.45, 7) is 3.24. The molecule has 1 amide bonds. The molecular formula is C17H27NO3. The fraction of sp³-hybridized carbons (Fsp3) is 0.882. The van der Waals surface area contributed by atoms with Crippen LogP contribution in [0.15, 0.2) is 0 Å². The average molecular weight is 293 g/mol. The number of carbonyl (C=O) groups excluding carboxylic acids is 1. The van der Waals surface area contributed by atoms with Crippen LogP contribution < -0.4 is 0 Å². The van der Waals surface area contributed by atoms with Crippen molar-refractivity contribution in [1.29, 1.82) is 0 Å². The van der Waals surface area contributed by atoms with E-state index in [2.05, 4.69) is 6.92 Å². The lowest BCUT2D eigenvalue weighted by molar-refractivity contribution is -0.145. The van der Waals surface area contributed by atoms with Crippen molar-refractivity contribution in [3.63, 3.8) is 0 Å². The second-order valence-electron chi connectivity index (χ2n) is 7.35. The Kier molecular flexibility index (Phi) is 3.98. The Labute approximate surface area is 126 Å². The van der Waals surface area contributed by atoms with Crippen LogP contribution in [-0.2, 0) is 9.59 Å². The molecule has 3 fully saturated rings. The van der Waals surface area contributed by atoms with Gasteiger partial charge in [0.2, 0.25) is 5.91 Å². The van der Waals surface area contributed by atoms with Crippen molar-refractivity contribution in [2.45, 2.75) is 58.3 Å². The van der Waals surface area contributed by atoms with E-state index in [0.717, 1.165) is 44.9 Å². The number of carboxylic acids is 1. The molecule has 2 atom stereocenters. The molecule has 3 rings (SSSR count). The van der Waals surface area contributed by atoms with Gasteiger partial charge in [-0.25, -0.2) is 0 Å². The predicted molar refractivity (Wildman–Crippen MR) is 79.7 cm³/mol. The predicted octanol–water partition coefficient (Wildman–Crippen LogP) is 2.92. The lowest BCUT2D eigenvalue weighted by Gasteiger charge is -2.38. The number of carboxylic acid groups (broad SMARTS) is 1. The first-order chi connectivity index (χ1) is 10.1. The van der Waals surface area contributed by atoms with E-state index in [9.17, 15) is 14.7 Å². The first kappa shape index (κ1) is 14.9. The van der Waals surface area contributed by atoms with Gasteiger partial charge in [-0.05, 0) is 43.9 Å².